The van der Waals surface area contributed by atoms with Gasteiger partial charge < -0.3 is 10.6 Å². The summed E-state index contributed by atoms with van der Waals surface area (Å²) in [5.74, 6) is 0.485. The molecule has 0 saturated heterocycles. The normalized spacial score (nSPS) is 12.5. The Hall–Kier alpha value is -3.31. The van der Waals surface area contributed by atoms with Crippen molar-refractivity contribution in [3.63, 3.8) is 0 Å². The molecule has 36 heavy (non-hydrogen) atoms. The van der Waals surface area contributed by atoms with Gasteiger partial charge in [-0.05, 0) is 37.1 Å². The van der Waals surface area contributed by atoms with Crippen LogP contribution in [-0.2, 0) is 6.18 Å². The Bertz CT molecular complexity index is 1180. The zero-order valence-corrected chi connectivity index (χ0v) is 21.6. The van der Waals surface area contributed by atoms with E-state index < -0.39 is 11.9 Å². The highest BCUT2D eigenvalue weighted by molar-refractivity contribution is 7.59. The Labute approximate surface area is 221 Å². The lowest BCUT2D eigenvalue weighted by atomic mass is 10.1. The molecule has 0 saturated carbocycles. The van der Waals surface area contributed by atoms with Gasteiger partial charge in [0.05, 0.1) is 12.1 Å². The van der Waals surface area contributed by atoms with E-state index in [0.717, 1.165) is 17.2 Å². The topological polar surface area (TPSA) is 75.6 Å². The van der Waals surface area contributed by atoms with Crippen LogP contribution in [0.4, 0.5) is 25.1 Å². The average Bonchev–Trinajstić information content (AvgIpc) is 2.84. The molecule has 0 radical (unpaired) electrons. The van der Waals surface area contributed by atoms with E-state index in [1.165, 1.54) is 12.1 Å². The van der Waals surface area contributed by atoms with Gasteiger partial charge in [-0.25, -0.2) is 4.98 Å². The maximum Gasteiger partial charge on any atom is 0.433 e. The second-order valence-electron chi connectivity index (χ2n) is 7.77. The Morgan fingerprint density at radius 1 is 0.611 bits per heavy atom. The van der Waals surface area contributed by atoms with Crippen molar-refractivity contribution >= 4 is 38.9 Å². The summed E-state index contributed by atoms with van der Waals surface area (Å²) in [6.45, 7) is 3.89. The van der Waals surface area contributed by atoms with Crippen molar-refractivity contribution < 1.29 is 13.2 Å². The minimum atomic E-state index is -4.57. The van der Waals surface area contributed by atoms with Crippen LogP contribution in [0.25, 0.3) is 11.5 Å². The number of nitrogens with one attached hydrogen (secondary N) is 2. The molecule has 0 spiro atoms. The number of hydrogen-bond donors (Lipinski definition) is 2. The third-order valence-corrected chi connectivity index (χ3v) is 5.19. The lowest BCUT2D eigenvalue weighted by molar-refractivity contribution is -0.141. The van der Waals surface area contributed by atoms with E-state index in [1.807, 2.05) is 74.5 Å². The van der Waals surface area contributed by atoms with E-state index in [9.17, 15) is 13.2 Å². The molecule has 0 aliphatic carbocycles. The summed E-state index contributed by atoms with van der Waals surface area (Å²) in [6.07, 6.45) is -4.57. The van der Waals surface area contributed by atoms with Crippen molar-refractivity contribution in [1.29, 1.82) is 0 Å². The van der Waals surface area contributed by atoms with Crippen molar-refractivity contribution in [1.82, 2.24) is 19.9 Å². The molecule has 4 aromatic rings. The van der Waals surface area contributed by atoms with Crippen LogP contribution in [0, 0.1) is 0 Å². The van der Waals surface area contributed by atoms with E-state index >= 15 is 0 Å². The van der Waals surface area contributed by atoms with E-state index in [4.69, 9.17) is 0 Å². The van der Waals surface area contributed by atoms with E-state index in [2.05, 4.69) is 30.6 Å². The zero-order valence-electron chi connectivity index (χ0n) is 19.6. The van der Waals surface area contributed by atoms with Crippen molar-refractivity contribution in [3.8, 4) is 11.5 Å². The molecular formula is C25H27F3N6S2. The van der Waals surface area contributed by atoms with Gasteiger partial charge in [0.25, 0.3) is 0 Å². The number of nitrogens with zero attached hydrogens (tertiary/aromatic N) is 4. The summed E-state index contributed by atoms with van der Waals surface area (Å²) in [6, 6.07) is 22.7. The molecule has 0 aliphatic heterocycles. The first-order chi connectivity index (χ1) is 16.3. The van der Waals surface area contributed by atoms with E-state index in [1.54, 1.807) is 0 Å². The predicted octanol–water partition coefficient (Wildman–Crippen LogP) is 6.52. The standard InChI is InChI=1S/C25H23F3N6.2H2S/c1-16(18-10-5-3-6-11-18)29-23-32-22(20-14-9-15-21(31-20)25(26,27)28)33-24(34-23)30-17(2)19-12-7-4-8-13-19;;/h3-17H,1-2H3,(H2,29,30,32,33,34);2*1H2/t16-,17+;;. The largest absolute Gasteiger partial charge is 0.433 e. The second kappa shape index (κ2) is 12.6. The van der Waals surface area contributed by atoms with Gasteiger partial charge in [0.2, 0.25) is 11.9 Å². The van der Waals surface area contributed by atoms with Crippen LogP contribution in [0.15, 0.2) is 78.9 Å². The summed E-state index contributed by atoms with van der Waals surface area (Å²) < 4.78 is 39.7. The smallest absolute Gasteiger partial charge is 0.348 e. The first kappa shape index (κ1) is 28.9. The van der Waals surface area contributed by atoms with Gasteiger partial charge in [-0.1, -0.05) is 66.7 Å². The minimum Gasteiger partial charge on any atom is -0.348 e. The molecule has 11 heteroatoms. The summed E-state index contributed by atoms with van der Waals surface area (Å²) in [5.41, 5.74) is 1.01. The monoisotopic (exact) mass is 532 g/mol. The van der Waals surface area contributed by atoms with Crippen LogP contribution in [0.3, 0.4) is 0 Å². The van der Waals surface area contributed by atoms with Crippen LogP contribution in [0.1, 0.15) is 42.8 Å². The number of benzene rings is 2. The van der Waals surface area contributed by atoms with Crippen LogP contribution in [-0.4, -0.2) is 19.9 Å². The number of hydrogen-bond acceptors (Lipinski definition) is 6. The highest BCUT2D eigenvalue weighted by Crippen LogP contribution is 2.29. The molecule has 0 unspecified atom stereocenters. The van der Waals surface area contributed by atoms with Crippen LogP contribution in [0.5, 0.6) is 0 Å². The van der Waals surface area contributed by atoms with Gasteiger partial charge >= 0.3 is 6.18 Å². The maximum atomic E-state index is 13.2. The fourth-order valence-electron chi connectivity index (χ4n) is 3.37. The SMILES string of the molecule is C[C@H](Nc1nc(N[C@H](C)c2ccccc2)nc(-c2cccc(C(F)(F)F)n2)n1)c1ccccc1.S.S. The van der Waals surface area contributed by atoms with Gasteiger partial charge in [0, 0.05) is 0 Å². The molecule has 2 aromatic carbocycles. The molecule has 0 fully saturated rings. The number of halogens is 3. The van der Waals surface area contributed by atoms with Gasteiger partial charge in [0.15, 0.2) is 5.82 Å². The number of alkyl halides is 3. The first-order valence-electron chi connectivity index (χ1n) is 10.7. The third kappa shape index (κ3) is 7.34. The van der Waals surface area contributed by atoms with Crippen molar-refractivity contribution in [2.24, 2.45) is 0 Å². The molecule has 190 valence electrons. The summed E-state index contributed by atoms with van der Waals surface area (Å²) in [7, 11) is 0. The lowest BCUT2D eigenvalue weighted by Gasteiger charge is -2.18. The predicted molar refractivity (Wildman–Crippen MR) is 146 cm³/mol. The van der Waals surface area contributed by atoms with Gasteiger partial charge in [-0.15, -0.1) is 0 Å². The van der Waals surface area contributed by atoms with Crippen molar-refractivity contribution in [3.05, 3.63) is 95.7 Å². The molecule has 2 atom stereocenters. The number of rotatable bonds is 7. The molecule has 0 bridgehead atoms. The molecule has 2 heterocycles. The molecule has 6 nitrogen and oxygen atoms in total. The molecule has 2 aromatic heterocycles. The van der Waals surface area contributed by atoms with Crippen molar-refractivity contribution in [2.45, 2.75) is 32.1 Å². The van der Waals surface area contributed by atoms with Gasteiger partial charge in [-0.2, -0.15) is 55.1 Å². The molecule has 0 aliphatic rings. The Morgan fingerprint density at radius 2 is 1.08 bits per heavy atom. The average molecular weight is 533 g/mol. The van der Waals surface area contributed by atoms with Crippen LogP contribution < -0.4 is 10.6 Å². The van der Waals surface area contributed by atoms with Crippen LogP contribution in [0.2, 0.25) is 0 Å². The van der Waals surface area contributed by atoms with Gasteiger partial charge in [-0.3, -0.25) is 0 Å². The Morgan fingerprint density at radius 3 is 1.53 bits per heavy atom. The van der Waals surface area contributed by atoms with E-state index in [0.29, 0.717) is 0 Å². The highest BCUT2D eigenvalue weighted by Gasteiger charge is 2.32. The summed E-state index contributed by atoms with van der Waals surface area (Å²) in [5, 5.41) is 6.43. The van der Waals surface area contributed by atoms with Crippen molar-refractivity contribution in [2.75, 3.05) is 10.6 Å². The second-order valence-corrected chi connectivity index (χ2v) is 7.77. The highest BCUT2D eigenvalue weighted by atomic mass is 32.1. The summed E-state index contributed by atoms with van der Waals surface area (Å²) in [4.78, 5) is 16.9. The zero-order chi connectivity index (χ0) is 24.1. The number of pyridine rings is 1. The van der Waals surface area contributed by atoms with E-state index in [-0.39, 0.29) is 62.5 Å². The quantitative estimate of drug-likeness (QED) is 0.282. The maximum absolute atomic E-state index is 13.2. The Balaban J connectivity index is 0.00000228. The first-order valence-corrected chi connectivity index (χ1v) is 10.7. The summed E-state index contributed by atoms with van der Waals surface area (Å²) >= 11 is 0. The minimum absolute atomic E-state index is 0. The third-order valence-electron chi connectivity index (χ3n) is 5.19. The van der Waals surface area contributed by atoms with Crippen LogP contribution >= 0.6 is 27.0 Å². The lowest BCUT2D eigenvalue weighted by Crippen LogP contribution is -2.15. The Kier molecular flexibility index (Phi) is 10.1. The number of aromatic nitrogens is 4. The van der Waals surface area contributed by atoms with Gasteiger partial charge in [0.1, 0.15) is 11.4 Å². The molecular weight excluding hydrogens is 505 g/mol. The molecule has 4 rings (SSSR count). The number of anilines is 2. The molecule has 0 amide bonds. The fraction of sp³-hybridized carbons (Fsp3) is 0.200. The molecule has 2 N–H and O–H groups in total. The fourth-order valence-corrected chi connectivity index (χ4v) is 3.37.